The molecule has 2 aromatic heterocycles. The van der Waals surface area contributed by atoms with Gasteiger partial charge in [0.15, 0.2) is 12.7 Å². The molecule has 1 fully saturated rings. The average Bonchev–Trinajstić information content (AvgIpc) is 3.01. The van der Waals surface area contributed by atoms with Crippen LogP contribution in [-0.4, -0.2) is 59.9 Å². The Bertz CT molecular complexity index is 815. The summed E-state index contributed by atoms with van der Waals surface area (Å²) in [6, 6.07) is 0. The average molecular weight is 349 g/mol. The summed E-state index contributed by atoms with van der Waals surface area (Å²) in [4.78, 5) is 38.0. The van der Waals surface area contributed by atoms with Crippen LogP contribution in [0.15, 0.2) is 17.4 Å². The SMILES string of the molecule is O=c1[nH]cnc2c1[nH]c[n+]2[C@@H]1O[C@H](COP(=O)(O)O)[C@@H](O)[C@H]1O. The highest BCUT2D eigenvalue weighted by Gasteiger charge is 2.47. The molecule has 1 aliphatic rings. The molecule has 6 N–H and O–H groups in total. The third kappa shape index (κ3) is 3.05. The van der Waals surface area contributed by atoms with Crippen molar-refractivity contribution >= 4 is 19.0 Å². The van der Waals surface area contributed by atoms with E-state index in [9.17, 15) is 19.6 Å². The molecule has 3 heterocycles. The van der Waals surface area contributed by atoms with Crippen LogP contribution in [0.4, 0.5) is 0 Å². The number of imidazole rings is 1. The number of nitrogens with one attached hydrogen (secondary N) is 2. The summed E-state index contributed by atoms with van der Waals surface area (Å²) in [5, 5.41) is 20.0. The van der Waals surface area contributed by atoms with E-state index in [4.69, 9.17) is 14.5 Å². The third-order valence-electron chi connectivity index (χ3n) is 3.44. The molecule has 0 unspecified atom stereocenters. The van der Waals surface area contributed by atoms with Crippen LogP contribution < -0.4 is 10.1 Å². The Morgan fingerprint density at radius 2 is 2.09 bits per heavy atom. The lowest BCUT2D eigenvalue weighted by molar-refractivity contribution is -0.745. The van der Waals surface area contributed by atoms with E-state index in [-0.39, 0.29) is 11.2 Å². The van der Waals surface area contributed by atoms with E-state index in [1.807, 2.05) is 0 Å². The molecule has 12 nitrogen and oxygen atoms in total. The first-order valence-electron chi connectivity index (χ1n) is 6.45. The number of nitrogens with zero attached hydrogens (tertiary/aromatic N) is 2. The molecule has 1 aliphatic heterocycles. The van der Waals surface area contributed by atoms with Crippen molar-refractivity contribution in [3.8, 4) is 0 Å². The van der Waals surface area contributed by atoms with Gasteiger partial charge in [-0.2, -0.15) is 0 Å². The van der Waals surface area contributed by atoms with Crippen LogP contribution >= 0.6 is 7.82 Å². The smallest absolute Gasteiger partial charge is 0.387 e. The van der Waals surface area contributed by atoms with Crippen LogP contribution in [0.3, 0.4) is 0 Å². The second-order valence-electron chi connectivity index (χ2n) is 4.94. The summed E-state index contributed by atoms with van der Waals surface area (Å²) in [5.74, 6) is 0. The minimum atomic E-state index is -4.73. The van der Waals surface area contributed by atoms with Crippen molar-refractivity contribution in [1.82, 2.24) is 15.0 Å². The molecule has 0 aromatic carbocycles. The van der Waals surface area contributed by atoms with E-state index in [1.54, 1.807) is 0 Å². The molecule has 13 heteroatoms. The van der Waals surface area contributed by atoms with Gasteiger partial charge < -0.3 is 24.7 Å². The van der Waals surface area contributed by atoms with Crippen molar-refractivity contribution < 1.29 is 38.4 Å². The van der Waals surface area contributed by atoms with Crippen molar-refractivity contribution in [2.24, 2.45) is 0 Å². The van der Waals surface area contributed by atoms with E-state index in [0.717, 1.165) is 0 Å². The summed E-state index contributed by atoms with van der Waals surface area (Å²) >= 11 is 0. The molecular weight excluding hydrogens is 335 g/mol. The summed E-state index contributed by atoms with van der Waals surface area (Å²) < 4.78 is 21.7. The largest absolute Gasteiger partial charge is 0.469 e. The number of rotatable bonds is 4. The van der Waals surface area contributed by atoms with Gasteiger partial charge in [-0.3, -0.25) is 19.3 Å². The number of fused-ring (bicyclic) bond motifs is 1. The van der Waals surface area contributed by atoms with Crippen LogP contribution in [0.2, 0.25) is 0 Å². The Labute approximate surface area is 127 Å². The van der Waals surface area contributed by atoms with Crippen molar-refractivity contribution in [2.75, 3.05) is 6.61 Å². The molecule has 3 rings (SSSR count). The predicted octanol–water partition coefficient (Wildman–Crippen LogP) is -2.73. The summed E-state index contributed by atoms with van der Waals surface area (Å²) in [6.45, 7) is -0.615. The summed E-state index contributed by atoms with van der Waals surface area (Å²) in [7, 11) is -4.73. The van der Waals surface area contributed by atoms with Gasteiger partial charge in [-0.15, -0.1) is 0 Å². The number of phosphoric acid groups is 1. The maximum absolute atomic E-state index is 11.6. The third-order valence-corrected chi connectivity index (χ3v) is 3.93. The predicted molar refractivity (Wildman–Crippen MR) is 70.8 cm³/mol. The standard InChI is InChI=1S/C10H13N4O8P/c15-6-4(1-21-23(18,19)20)22-10(7(6)16)14-3-13-5-8(14)11-2-12-9(5)17/h2-4,6-7,10,15-16H,1H2,(H3,11,12,17,18,19,20)/p+1/t4-,6-,7-,10-/m1/s1. The Morgan fingerprint density at radius 1 is 1.35 bits per heavy atom. The van der Waals surface area contributed by atoms with Gasteiger partial charge in [0, 0.05) is 0 Å². The monoisotopic (exact) mass is 349 g/mol. The molecule has 0 saturated carbocycles. The maximum atomic E-state index is 11.6. The molecule has 1 saturated heterocycles. The Morgan fingerprint density at radius 3 is 2.78 bits per heavy atom. The molecule has 0 aliphatic carbocycles. The highest BCUT2D eigenvalue weighted by Crippen LogP contribution is 2.37. The van der Waals surface area contributed by atoms with Gasteiger partial charge in [0.2, 0.25) is 11.7 Å². The molecule has 126 valence electrons. The molecule has 0 radical (unpaired) electrons. The number of ether oxygens (including phenoxy) is 1. The fourth-order valence-corrected chi connectivity index (χ4v) is 2.71. The number of aliphatic hydroxyl groups is 2. The van der Waals surface area contributed by atoms with Crippen LogP contribution in [-0.2, 0) is 13.8 Å². The molecule has 0 spiro atoms. The zero-order valence-corrected chi connectivity index (χ0v) is 12.3. The van der Waals surface area contributed by atoms with Crippen LogP contribution in [0, 0.1) is 0 Å². The van der Waals surface area contributed by atoms with Gasteiger partial charge in [-0.25, -0.2) is 9.13 Å². The number of hydrogen-bond donors (Lipinski definition) is 6. The van der Waals surface area contributed by atoms with Gasteiger partial charge in [0.25, 0.3) is 5.56 Å². The van der Waals surface area contributed by atoms with Crippen molar-refractivity contribution in [2.45, 2.75) is 24.5 Å². The molecule has 23 heavy (non-hydrogen) atoms. The molecule has 2 aromatic rings. The van der Waals surface area contributed by atoms with Gasteiger partial charge >= 0.3 is 13.5 Å². The van der Waals surface area contributed by atoms with E-state index in [2.05, 4.69) is 19.5 Å². The lowest BCUT2D eigenvalue weighted by Crippen LogP contribution is -2.45. The molecule has 0 bridgehead atoms. The van der Waals surface area contributed by atoms with Crippen LogP contribution in [0.1, 0.15) is 6.23 Å². The highest BCUT2D eigenvalue weighted by atomic mass is 31.2. The summed E-state index contributed by atoms with van der Waals surface area (Å²) in [5.41, 5.74) is -0.0996. The van der Waals surface area contributed by atoms with E-state index < -0.39 is 44.5 Å². The minimum Gasteiger partial charge on any atom is -0.387 e. The number of aromatic nitrogens is 4. The number of aliphatic hydroxyl groups excluding tert-OH is 2. The Kier molecular flexibility index (Phi) is 4.06. The maximum Gasteiger partial charge on any atom is 0.469 e. The number of H-pyrrole nitrogens is 2. The molecule has 4 atom stereocenters. The van der Waals surface area contributed by atoms with Crippen LogP contribution in [0.5, 0.6) is 0 Å². The van der Waals surface area contributed by atoms with Gasteiger partial charge in [-0.05, 0) is 0 Å². The summed E-state index contributed by atoms with van der Waals surface area (Å²) in [6.07, 6.45) is -2.63. The van der Waals surface area contributed by atoms with Gasteiger partial charge in [0.05, 0.1) is 6.61 Å². The fraction of sp³-hybridized carbons (Fsp3) is 0.500. The number of hydrogen-bond acceptors (Lipinski definition) is 7. The van der Waals surface area contributed by atoms with Gasteiger partial charge in [-0.1, -0.05) is 4.98 Å². The van der Waals surface area contributed by atoms with Gasteiger partial charge in [0.1, 0.15) is 18.3 Å². The molecule has 0 amide bonds. The Hall–Kier alpha value is -1.66. The zero-order valence-electron chi connectivity index (χ0n) is 11.4. The van der Waals surface area contributed by atoms with Crippen LogP contribution in [0.25, 0.3) is 11.2 Å². The van der Waals surface area contributed by atoms with E-state index in [0.29, 0.717) is 0 Å². The second kappa shape index (κ2) is 5.76. The first-order valence-corrected chi connectivity index (χ1v) is 7.98. The normalized spacial score (nSPS) is 28.5. The Balaban J connectivity index is 1.87. The first kappa shape index (κ1) is 16.2. The first-order chi connectivity index (χ1) is 10.8. The second-order valence-corrected chi connectivity index (χ2v) is 6.18. The van der Waals surface area contributed by atoms with Crippen molar-refractivity contribution in [3.05, 3.63) is 23.0 Å². The highest BCUT2D eigenvalue weighted by molar-refractivity contribution is 7.46. The van der Waals surface area contributed by atoms with Crippen molar-refractivity contribution in [1.29, 1.82) is 0 Å². The lowest BCUT2D eigenvalue weighted by atomic mass is 10.1. The molecular formula is C10H14N4O8P+. The fourth-order valence-electron chi connectivity index (χ4n) is 2.37. The minimum absolute atomic E-state index is 0.146. The van der Waals surface area contributed by atoms with Crippen molar-refractivity contribution in [3.63, 3.8) is 0 Å². The van der Waals surface area contributed by atoms with E-state index in [1.165, 1.54) is 17.2 Å². The van der Waals surface area contributed by atoms with E-state index >= 15 is 0 Å². The zero-order chi connectivity index (χ0) is 16.8. The number of phosphoric ester groups is 1. The lowest BCUT2D eigenvalue weighted by Gasteiger charge is -2.14. The topological polar surface area (TPSA) is 182 Å². The quantitative estimate of drug-likeness (QED) is 0.252. The number of aromatic amines is 2.